The van der Waals surface area contributed by atoms with Crippen LogP contribution in [0, 0.1) is 0 Å². The summed E-state index contributed by atoms with van der Waals surface area (Å²) in [6, 6.07) is 0. The van der Waals surface area contributed by atoms with E-state index >= 15 is 0 Å². The van der Waals surface area contributed by atoms with Gasteiger partial charge in [0.1, 0.15) is 19.8 Å². The number of hydrogen-bond acceptors (Lipinski definition) is 7. The van der Waals surface area contributed by atoms with Crippen molar-refractivity contribution in [3.8, 4) is 0 Å². The zero-order chi connectivity index (χ0) is 40.0. The lowest BCUT2D eigenvalue weighted by atomic mass is 10.1. The zero-order valence-corrected chi connectivity index (χ0v) is 35.8. The Balaban J connectivity index is 4.48. The SMILES string of the molecule is CC/C=C/C/C=C/C/C=C/C/C=C/CCCCC(=O)OC[C@H](COP(=O)(O)OCC[N+](C)(C)C)OC(=O)CCCCCCC/C=C/CCCCCCCC. The first-order chi connectivity index (χ1) is 26.0. The molecule has 0 radical (unpaired) electrons. The molecule has 0 aliphatic rings. The number of quaternary nitrogens is 1. The minimum absolute atomic E-state index is 0.0209. The van der Waals surface area contributed by atoms with Gasteiger partial charge in [-0.15, -0.1) is 0 Å². The Hall–Kier alpha value is -2.29. The van der Waals surface area contributed by atoms with Crippen molar-refractivity contribution in [1.82, 2.24) is 0 Å². The Bertz CT molecular complexity index is 1110. The third kappa shape index (κ3) is 39.4. The number of nitrogens with zero attached hydrogens (tertiary/aromatic N) is 1. The van der Waals surface area contributed by atoms with Gasteiger partial charge in [-0.1, -0.05) is 126 Å². The second kappa shape index (κ2) is 36.4. The topological polar surface area (TPSA) is 108 Å². The fourth-order valence-corrected chi connectivity index (χ4v) is 5.97. The molecule has 0 saturated heterocycles. The number of phosphoric ester groups is 1. The number of phosphoric acid groups is 1. The van der Waals surface area contributed by atoms with Crippen LogP contribution in [0.4, 0.5) is 0 Å². The first-order valence-electron chi connectivity index (χ1n) is 21.0. The molecule has 10 heteroatoms. The summed E-state index contributed by atoms with van der Waals surface area (Å²) in [6.45, 7) is 4.22. The average molecular weight is 781 g/mol. The maximum Gasteiger partial charge on any atom is 0.472 e. The minimum Gasteiger partial charge on any atom is -0.462 e. The summed E-state index contributed by atoms with van der Waals surface area (Å²) in [4.78, 5) is 35.3. The Kier molecular flexibility index (Phi) is 34.8. The van der Waals surface area contributed by atoms with Crippen LogP contribution < -0.4 is 0 Å². The van der Waals surface area contributed by atoms with Gasteiger partial charge in [0.2, 0.25) is 0 Å². The second-order valence-electron chi connectivity index (χ2n) is 15.0. The van der Waals surface area contributed by atoms with Crippen LogP contribution in [0.2, 0.25) is 0 Å². The van der Waals surface area contributed by atoms with Gasteiger partial charge in [-0.3, -0.25) is 18.6 Å². The molecule has 54 heavy (non-hydrogen) atoms. The van der Waals surface area contributed by atoms with Crippen LogP contribution in [0.5, 0.6) is 0 Å². The molecule has 0 amide bonds. The van der Waals surface area contributed by atoms with Crippen molar-refractivity contribution in [1.29, 1.82) is 0 Å². The molecule has 0 fully saturated rings. The van der Waals surface area contributed by atoms with Gasteiger partial charge in [-0.05, 0) is 77.0 Å². The molecule has 2 atom stereocenters. The molecule has 0 aromatic carbocycles. The quantitative estimate of drug-likeness (QED) is 0.0218. The summed E-state index contributed by atoms with van der Waals surface area (Å²) in [5, 5.41) is 0. The number of allylic oxidation sites excluding steroid dienone is 10. The molecule has 0 aliphatic carbocycles. The zero-order valence-electron chi connectivity index (χ0n) is 34.9. The Labute approximate surface area is 330 Å². The number of unbranched alkanes of at least 4 members (excludes halogenated alkanes) is 13. The van der Waals surface area contributed by atoms with Crippen molar-refractivity contribution in [3.05, 3.63) is 60.8 Å². The van der Waals surface area contributed by atoms with Gasteiger partial charge in [-0.2, -0.15) is 0 Å². The number of ether oxygens (including phenoxy) is 2. The van der Waals surface area contributed by atoms with Crippen molar-refractivity contribution >= 4 is 19.8 Å². The molecule has 0 aliphatic heterocycles. The summed E-state index contributed by atoms with van der Waals surface area (Å²) in [7, 11) is 1.44. The highest BCUT2D eigenvalue weighted by atomic mass is 31.2. The Morgan fingerprint density at radius 1 is 0.593 bits per heavy atom. The van der Waals surface area contributed by atoms with E-state index in [1.165, 1.54) is 44.9 Å². The van der Waals surface area contributed by atoms with Gasteiger partial charge in [-0.25, -0.2) is 4.57 Å². The normalized spacial score (nSPS) is 14.3. The second-order valence-corrected chi connectivity index (χ2v) is 16.4. The van der Waals surface area contributed by atoms with Crippen molar-refractivity contribution in [2.75, 3.05) is 47.5 Å². The molecular formula is C44H79NO8P+. The molecule has 1 unspecified atom stereocenters. The maximum atomic E-state index is 12.7. The Morgan fingerprint density at radius 2 is 1.06 bits per heavy atom. The van der Waals surface area contributed by atoms with Gasteiger partial charge in [0, 0.05) is 12.8 Å². The number of carbonyl (C=O) groups is 2. The smallest absolute Gasteiger partial charge is 0.462 e. The van der Waals surface area contributed by atoms with Crippen LogP contribution in [0.1, 0.15) is 155 Å². The van der Waals surface area contributed by atoms with E-state index in [-0.39, 0.29) is 26.1 Å². The molecule has 0 rings (SSSR count). The van der Waals surface area contributed by atoms with E-state index in [1.807, 2.05) is 21.1 Å². The van der Waals surface area contributed by atoms with Crippen LogP contribution in [-0.2, 0) is 32.7 Å². The van der Waals surface area contributed by atoms with Crippen molar-refractivity contribution in [3.63, 3.8) is 0 Å². The highest BCUT2D eigenvalue weighted by molar-refractivity contribution is 7.47. The van der Waals surface area contributed by atoms with E-state index in [9.17, 15) is 19.0 Å². The molecule has 0 aromatic heterocycles. The van der Waals surface area contributed by atoms with Gasteiger partial charge < -0.3 is 18.9 Å². The van der Waals surface area contributed by atoms with E-state index in [2.05, 4.69) is 74.6 Å². The fraction of sp³-hybridized carbons (Fsp3) is 0.727. The van der Waals surface area contributed by atoms with Crippen molar-refractivity contribution in [2.45, 2.75) is 161 Å². The third-order valence-electron chi connectivity index (χ3n) is 8.53. The highest BCUT2D eigenvalue weighted by Crippen LogP contribution is 2.43. The lowest BCUT2D eigenvalue weighted by molar-refractivity contribution is -0.870. The third-order valence-corrected chi connectivity index (χ3v) is 9.52. The van der Waals surface area contributed by atoms with Gasteiger partial charge in [0.15, 0.2) is 6.10 Å². The predicted molar refractivity (Wildman–Crippen MR) is 224 cm³/mol. The molecule has 1 N–H and O–H groups in total. The van der Waals surface area contributed by atoms with Gasteiger partial charge >= 0.3 is 19.8 Å². The van der Waals surface area contributed by atoms with Crippen LogP contribution in [0.15, 0.2) is 60.8 Å². The van der Waals surface area contributed by atoms with Crippen LogP contribution in [0.3, 0.4) is 0 Å². The van der Waals surface area contributed by atoms with Crippen LogP contribution in [-0.4, -0.2) is 74.9 Å². The van der Waals surface area contributed by atoms with Crippen molar-refractivity contribution in [2.24, 2.45) is 0 Å². The van der Waals surface area contributed by atoms with E-state index in [0.29, 0.717) is 23.9 Å². The average Bonchev–Trinajstić information content (AvgIpc) is 3.12. The van der Waals surface area contributed by atoms with Gasteiger partial charge in [0.25, 0.3) is 0 Å². The molecule has 0 saturated carbocycles. The number of carbonyl (C=O) groups excluding carboxylic acids is 2. The number of esters is 2. The highest BCUT2D eigenvalue weighted by Gasteiger charge is 2.27. The van der Waals surface area contributed by atoms with E-state index in [1.54, 1.807) is 0 Å². The molecule has 0 aromatic rings. The first-order valence-corrected chi connectivity index (χ1v) is 22.5. The Morgan fingerprint density at radius 3 is 1.63 bits per heavy atom. The van der Waals surface area contributed by atoms with E-state index in [0.717, 1.165) is 70.6 Å². The van der Waals surface area contributed by atoms with Crippen LogP contribution in [0.25, 0.3) is 0 Å². The molecule has 0 bridgehead atoms. The number of likely N-dealkylation sites (N-methyl/N-ethyl adjacent to an activating group) is 1. The fourth-order valence-electron chi connectivity index (χ4n) is 5.23. The first kappa shape index (κ1) is 51.7. The lowest BCUT2D eigenvalue weighted by Crippen LogP contribution is -2.37. The molecule has 0 heterocycles. The minimum atomic E-state index is -4.39. The summed E-state index contributed by atoms with van der Waals surface area (Å²) in [5.74, 6) is -0.862. The monoisotopic (exact) mass is 781 g/mol. The molecular weight excluding hydrogens is 701 g/mol. The van der Waals surface area contributed by atoms with Gasteiger partial charge in [0.05, 0.1) is 27.7 Å². The molecule has 9 nitrogen and oxygen atoms in total. The predicted octanol–water partition coefficient (Wildman–Crippen LogP) is 11.7. The molecule has 0 spiro atoms. The molecule has 312 valence electrons. The van der Waals surface area contributed by atoms with E-state index < -0.39 is 32.5 Å². The van der Waals surface area contributed by atoms with E-state index in [4.69, 9.17) is 18.5 Å². The van der Waals surface area contributed by atoms with Crippen LogP contribution >= 0.6 is 7.82 Å². The number of hydrogen-bond donors (Lipinski definition) is 1. The summed E-state index contributed by atoms with van der Waals surface area (Å²) >= 11 is 0. The standard InChI is InChI=1S/C44H78NO8P/c1-6-8-10-12-14-16-18-20-22-24-26-28-30-32-34-36-43(46)50-40-42(41-52-54(48,49)51-39-38-45(3,4)5)53-44(47)37-35-33-31-29-27-25-23-21-19-17-15-13-11-9-7-2/h8,10,14,16,20-23,26,28,42H,6-7,9,11-13,15,17-19,24-25,27,29-41H2,1-5H3/p+1/b10-8+,16-14+,22-20+,23-21+,28-26+/t42-/m1/s1. The maximum absolute atomic E-state index is 12.7. The largest absolute Gasteiger partial charge is 0.472 e. The number of rotatable bonds is 37. The van der Waals surface area contributed by atoms with Crippen molar-refractivity contribution < 1.29 is 42.1 Å². The summed E-state index contributed by atoms with van der Waals surface area (Å²) in [6.07, 6.45) is 42.7. The lowest BCUT2D eigenvalue weighted by Gasteiger charge is -2.24. The summed E-state index contributed by atoms with van der Waals surface area (Å²) in [5.41, 5.74) is 0. The summed E-state index contributed by atoms with van der Waals surface area (Å²) < 4.78 is 34.2.